The highest BCUT2D eigenvalue weighted by molar-refractivity contribution is 7.91. The average Bonchev–Trinajstić information content (AvgIpc) is 2.70. The number of hydrogen-bond donors (Lipinski definition) is 2. The molecule has 0 radical (unpaired) electrons. The first kappa shape index (κ1) is 18.9. The zero-order valence-electron chi connectivity index (χ0n) is 12.4. The van der Waals surface area contributed by atoms with Crippen LogP contribution in [0.5, 0.6) is 0 Å². The number of hydrogen-bond acceptors (Lipinski definition) is 4. The van der Waals surface area contributed by atoms with Crippen LogP contribution >= 0.6 is 23.7 Å². The van der Waals surface area contributed by atoms with Crippen molar-refractivity contribution >= 4 is 33.8 Å². The number of halogens is 1. The molecule has 0 amide bonds. The molecule has 2 N–H and O–H groups in total. The van der Waals surface area contributed by atoms with Crippen molar-refractivity contribution in [2.45, 2.75) is 55.7 Å². The molecular formula is C14H25ClN2O2S2. The van der Waals surface area contributed by atoms with Crippen molar-refractivity contribution in [1.82, 2.24) is 10.0 Å². The molecule has 1 saturated carbocycles. The van der Waals surface area contributed by atoms with E-state index in [0.29, 0.717) is 23.3 Å². The van der Waals surface area contributed by atoms with Crippen molar-refractivity contribution in [1.29, 1.82) is 0 Å². The monoisotopic (exact) mass is 352 g/mol. The topological polar surface area (TPSA) is 58.2 Å². The van der Waals surface area contributed by atoms with Crippen molar-refractivity contribution in [3.05, 3.63) is 17.0 Å². The largest absolute Gasteiger partial charge is 0.313 e. The highest BCUT2D eigenvalue weighted by Gasteiger charge is 2.16. The Labute approximate surface area is 138 Å². The lowest BCUT2D eigenvalue weighted by Crippen LogP contribution is -2.36. The standard InChI is InChI=1S/C14H24N2O2S2.ClH/c1-12-8-9-14(19-12)20(17,18)16-11-10-15-13-6-4-2-3-5-7-13;/h8-9,13,15-16H,2-7,10-11H2,1H3;1H. The van der Waals surface area contributed by atoms with Crippen molar-refractivity contribution in [2.75, 3.05) is 13.1 Å². The molecule has 0 atom stereocenters. The predicted octanol–water partition coefficient (Wildman–Crippen LogP) is 3.07. The number of sulfonamides is 1. The summed E-state index contributed by atoms with van der Waals surface area (Å²) in [6, 6.07) is 4.07. The van der Waals surface area contributed by atoms with Gasteiger partial charge in [-0.25, -0.2) is 13.1 Å². The highest BCUT2D eigenvalue weighted by Crippen LogP contribution is 2.20. The van der Waals surface area contributed by atoms with Gasteiger partial charge in [-0.05, 0) is 31.9 Å². The summed E-state index contributed by atoms with van der Waals surface area (Å²) in [4.78, 5) is 1.02. The van der Waals surface area contributed by atoms with Gasteiger partial charge in [0.15, 0.2) is 0 Å². The fourth-order valence-electron chi connectivity index (χ4n) is 2.57. The van der Waals surface area contributed by atoms with Gasteiger partial charge < -0.3 is 5.32 Å². The fraction of sp³-hybridized carbons (Fsp3) is 0.714. The van der Waals surface area contributed by atoms with Crippen LogP contribution in [0.2, 0.25) is 0 Å². The zero-order chi connectivity index (χ0) is 14.4. The number of thiophene rings is 1. The summed E-state index contributed by atoms with van der Waals surface area (Å²) in [6.07, 6.45) is 7.69. The van der Waals surface area contributed by atoms with E-state index in [1.165, 1.54) is 49.9 Å². The van der Waals surface area contributed by atoms with E-state index in [9.17, 15) is 8.42 Å². The van der Waals surface area contributed by atoms with Gasteiger partial charge in [0.05, 0.1) is 0 Å². The zero-order valence-corrected chi connectivity index (χ0v) is 14.9. The molecule has 1 fully saturated rings. The van der Waals surface area contributed by atoms with E-state index >= 15 is 0 Å². The molecule has 1 aliphatic carbocycles. The number of nitrogens with one attached hydrogen (secondary N) is 2. The van der Waals surface area contributed by atoms with Crippen LogP contribution in [-0.4, -0.2) is 27.5 Å². The molecular weight excluding hydrogens is 328 g/mol. The van der Waals surface area contributed by atoms with Crippen molar-refractivity contribution in [3.63, 3.8) is 0 Å². The Morgan fingerprint density at radius 1 is 1.14 bits per heavy atom. The Balaban J connectivity index is 0.00000220. The lowest BCUT2D eigenvalue weighted by molar-refractivity contribution is 0.461. The van der Waals surface area contributed by atoms with E-state index in [-0.39, 0.29) is 12.4 Å². The molecule has 4 nitrogen and oxygen atoms in total. The molecule has 1 aliphatic rings. The smallest absolute Gasteiger partial charge is 0.250 e. The molecule has 1 aromatic rings. The Bertz CT molecular complexity index is 509. The van der Waals surface area contributed by atoms with Crippen molar-refractivity contribution < 1.29 is 8.42 Å². The Morgan fingerprint density at radius 2 is 1.81 bits per heavy atom. The van der Waals surface area contributed by atoms with Crippen LogP contribution in [0.4, 0.5) is 0 Å². The van der Waals surface area contributed by atoms with Crippen molar-refractivity contribution in [2.24, 2.45) is 0 Å². The maximum absolute atomic E-state index is 12.0. The highest BCUT2D eigenvalue weighted by atomic mass is 35.5. The normalized spacial score (nSPS) is 17.2. The molecule has 1 aromatic heterocycles. The Morgan fingerprint density at radius 3 is 2.38 bits per heavy atom. The summed E-state index contributed by atoms with van der Waals surface area (Å²) >= 11 is 1.31. The second-order valence-electron chi connectivity index (χ2n) is 5.41. The first-order chi connectivity index (χ1) is 9.58. The van der Waals surface area contributed by atoms with Crippen LogP contribution in [0.15, 0.2) is 16.3 Å². The molecule has 21 heavy (non-hydrogen) atoms. The van der Waals surface area contributed by atoms with Gasteiger partial charge in [0.25, 0.3) is 0 Å². The molecule has 0 saturated heterocycles. The summed E-state index contributed by atoms with van der Waals surface area (Å²) in [5, 5.41) is 3.47. The molecule has 122 valence electrons. The Kier molecular flexibility index (Phi) is 8.19. The van der Waals surface area contributed by atoms with Crippen LogP contribution in [0, 0.1) is 6.92 Å². The third-order valence-corrected chi connectivity index (χ3v) is 6.64. The first-order valence-electron chi connectivity index (χ1n) is 7.37. The summed E-state index contributed by atoms with van der Waals surface area (Å²) in [5.41, 5.74) is 0. The van der Waals surface area contributed by atoms with Gasteiger partial charge in [-0.2, -0.15) is 0 Å². The van der Waals surface area contributed by atoms with Crippen molar-refractivity contribution in [3.8, 4) is 0 Å². The molecule has 1 heterocycles. The third-order valence-electron chi connectivity index (χ3n) is 3.69. The lowest BCUT2D eigenvalue weighted by Gasteiger charge is -2.16. The minimum absolute atomic E-state index is 0. The quantitative estimate of drug-likeness (QED) is 0.611. The fourth-order valence-corrected chi connectivity index (χ4v) is 4.93. The molecule has 0 unspecified atom stereocenters. The molecule has 7 heteroatoms. The lowest BCUT2D eigenvalue weighted by atomic mass is 10.1. The molecule has 2 rings (SSSR count). The number of rotatable bonds is 6. The van der Waals surface area contributed by atoms with E-state index in [1.807, 2.05) is 13.0 Å². The van der Waals surface area contributed by atoms with E-state index in [0.717, 1.165) is 4.88 Å². The van der Waals surface area contributed by atoms with Crippen LogP contribution in [0.25, 0.3) is 0 Å². The van der Waals surface area contributed by atoms with Crippen LogP contribution in [0.1, 0.15) is 43.4 Å². The summed E-state index contributed by atoms with van der Waals surface area (Å²) < 4.78 is 27.1. The molecule has 0 spiro atoms. The maximum Gasteiger partial charge on any atom is 0.250 e. The van der Waals surface area contributed by atoms with E-state index in [1.54, 1.807) is 6.07 Å². The van der Waals surface area contributed by atoms with Crippen LogP contribution < -0.4 is 10.0 Å². The summed E-state index contributed by atoms with van der Waals surface area (Å²) in [7, 11) is -3.32. The molecule has 0 aliphatic heterocycles. The second-order valence-corrected chi connectivity index (χ2v) is 8.69. The van der Waals surface area contributed by atoms with Gasteiger partial charge in [0.2, 0.25) is 10.0 Å². The van der Waals surface area contributed by atoms with Gasteiger partial charge in [0.1, 0.15) is 4.21 Å². The van der Waals surface area contributed by atoms with E-state index in [4.69, 9.17) is 0 Å². The first-order valence-corrected chi connectivity index (χ1v) is 9.67. The molecule has 0 aromatic carbocycles. The van der Waals surface area contributed by atoms with Gasteiger partial charge in [0, 0.05) is 24.0 Å². The summed E-state index contributed by atoms with van der Waals surface area (Å²) in [5.74, 6) is 0. The predicted molar refractivity (Wildman–Crippen MR) is 91.0 cm³/mol. The minimum Gasteiger partial charge on any atom is -0.313 e. The van der Waals surface area contributed by atoms with Gasteiger partial charge in [-0.1, -0.05) is 25.7 Å². The van der Waals surface area contributed by atoms with E-state index < -0.39 is 10.0 Å². The van der Waals surface area contributed by atoms with Crippen LogP contribution in [-0.2, 0) is 10.0 Å². The number of aryl methyl sites for hydroxylation is 1. The minimum atomic E-state index is -3.32. The SMILES string of the molecule is Cc1ccc(S(=O)(=O)NCCNC2CCCCCC2)s1.Cl. The van der Waals surface area contributed by atoms with E-state index in [2.05, 4.69) is 10.0 Å². The van der Waals surface area contributed by atoms with Gasteiger partial charge in [-0.15, -0.1) is 23.7 Å². The van der Waals surface area contributed by atoms with Gasteiger partial charge in [-0.3, -0.25) is 0 Å². The maximum atomic E-state index is 12.0. The average molecular weight is 353 g/mol. The Hall–Kier alpha value is -0.140. The second kappa shape index (κ2) is 9.10. The summed E-state index contributed by atoms with van der Waals surface area (Å²) in [6.45, 7) is 3.07. The van der Waals surface area contributed by atoms with Crippen LogP contribution in [0.3, 0.4) is 0 Å². The third kappa shape index (κ3) is 6.24. The van der Waals surface area contributed by atoms with Gasteiger partial charge >= 0.3 is 0 Å². The molecule has 0 bridgehead atoms.